The van der Waals surface area contributed by atoms with Crippen LogP contribution in [0.15, 0.2) is 24.3 Å². The molecule has 1 heterocycles. The van der Waals surface area contributed by atoms with Crippen molar-refractivity contribution < 1.29 is 0 Å². The Labute approximate surface area is 136 Å². The molecular weight excluding hydrogens is 286 g/mol. The third-order valence-electron chi connectivity index (χ3n) is 4.34. The Morgan fingerprint density at radius 3 is 2.91 bits per heavy atom. The molecule has 0 bridgehead atoms. The second-order valence-electron chi connectivity index (χ2n) is 6.01. The summed E-state index contributed by atoms with van der Waals surface area (Å²) in [5, 5.41) is 11.1. The number of fused-ring (bicyclic) bond motifs is 1. The molecule has 0 saturated carbocycles. The lowest BCUT2D eigenvalue weighted by molar-refractivity contribution is 0.910. The van der Waals surface area contributed by atoms with Crippen LogP contribution >= 0.6 is 0 Å². The van der Waals surface area contributed by atoms with Gasteiger partial charge in [0.15, 0.2) is 0 Å². The van der Waals surface area contributed by atoms with Crippen LogP contribution < -0.4 is 16.8 Å². The van der Waals surface area contributed by atoms with E-state index in [0.29, 0.717) is 11.4 Å². The van der Waals surface area contributed by atoms with Crippen molar-refractivity contribution in [1.29, 1.82) is 5.41 Å². The topological polar surface area (TPSA) is 101 Å². The summed E-state index contributed by atoms with van der Waals surface area (Å²) in [5.74, 6) is 1.03. The van der Waals surface area contributed by atoms with Crippen molar-refractivity contribution in [3.63, 3.8) is 0 Å². The van der Waals surface area contributed by atoms with Crippen LogP contribution in [-0.2, 0) is 19.3 Å². The molecule has 0 aliphatic heterocycles. The zero-order valence-electron chi connectivity index (χ0n) is 13.4. The Morgan fingerprint density at radius 2 is 2.17 bits per heavy atom. The normalized spacial score (nSPS) is 12.9. The van der Waals surface area contributed by atoms with Crippen LogP contribution in [0.1, 0.15) is 42.0 Å². The standard InChI is InChI=1S/C18H23N5/c1-2-5-12-10-14(16(19)20)17(21)23-18(12)22-15-9-4-7-11-6-3-8-13(11)15/h4,7,9-10H,2-3,5-6,8H2,1H3,(H3,19,20)(H3,21,22,23). The lowest BCUT2D eigenvalue weighted by Gasteiger charge is -2.16. The first kappa shape index (κ1) is 15.3. The van der Waals surface area contributed by atoms with Crippen molar-refractivity contribution in [2.24, 2.45) is 5.73 Å². The number of anilines is 3. The number of aryl methyl sites for hydroxylation is 2. The maximum atomic E-state index is 7.63. The lowest BCUT2D eigenvalue weighted by Crippen LogP contribution is -2.16. The highest BCUT2D eigenvalue weighted by Gasteiger charge is 2.17. The Morgan fingerprint density at radius 1 is 1.35 bits per heavy atom. The fourth-order valence-corrected chi connectivity index (χ4v) is 3.22. The monoisotopic (exact) mass is 309 g/mol. The van der Waals surface area contributed by atoms with Crippen LogP contribution in [0.4, 0.5) is 17.3 Å². The Hall–Kier alpha value is -2.56. The SMILES string of the molecule is CCCc1cc(C(=N)N)c(N)nc1Nc1cccc2c1CCC2. The highest BCUT2D eigenvalue weighted by atomic mass is 15.0. The third kappa shape index (κ3) is 2.99. The molecule has 2 aromatic rings. The Bertz CT molecular complexity index is 751. The van der Waals surface area contributed by atoms with E-state index in [1.54, 1.807) is 0 Å². The number of nitrogens with two attached hydrogens (primary N) is 2. The molecule has 0 radical (unpaired) electrons. The Balaban J connectivity index is 2.01. The Kier molecular flexibility index (Phi) is 4.19. The highest BCUT2D eigenvalue weighted by Crippen LogP contribution is 2.32. The van der Waals surface area contributed by atoms with E-state index in [4.69, 9.17) is 16.9 Å². The van der Waals surface area contributed by atoms with E-state index >= 15 is 0 Å². The van der Waals surface area contributed by atoms with Crippen molar-refractivity contribution in [2.45, 2.75) is 39.0 Å². The first-order chi connectivity index (χ1) is 11.1. The number of nitrogens with one attached hydrogen (secondary N) is 2. The molecule has 1 aromatic carbocycles. The van der Waals surface area contributed by atoms with Crippen LogP contribution in [0.25, 0.3) is 0 Å². The first-order valence-corrected chi connectivity index (χ1v) is 8.11. The molecule has 5 heteroatoms. The number of aromatic nitrogens is 1. The van der Waals surface area contributed by atoms with Gasteiger partial charge in [-0.05, 0) is 54.5 Å². The average Bonchev–Trinajstić information content (AvgIpc) is 2.99. The molecule has 23 heavy (non-hydrogen) atoms. The molecule has 1 aliphatic rings. The minimum absolute atomic E-state index is 0.0421. The summed E-state index contributed by atoms with van der Waals surface area (Å²) < 4.78 is 0. The number of hydrogen-bond acceptors (Lipinski definition) is 4. The molecule has 120 valence electrons. The fourth-order valence-electron chi connectivity index (χ4n) is 3.22. The van der Waals surface area contributed by atoms with Crippen molar-refractivity contribution in [3.05, 3.63) is 46.5 Å². The van der Waals surface area contributed by atoms with Crippen molar-refractivity contribution in [2.75, 3.05) is 11.1 Å². The van der Waals surface area contributed by atoms with Gasteiger partial charge in [0.05, 0.1) is 5.56 Å². The molecule has 0 amide bonds. The molecule has 6 N–H and O–H groups in total. The second-order valence-corrected chi connectivity index (χ2v) is 6.01. The molecule has 1 aromatic heterocycles. The summed E-state index contributed by atoms with van der Waals surface area (Å²) in [6.45, 7) is 2.12. The predicted octanol–water partition coefficient (Wildman–Crippen LogP) is 3.13. The van der Waals surface area contributed by atoms with Gasteiger partial charge in [-0.3, -0.25) is 5.41 Å². The maximum absolute atomic E-state index is 7.63. The largest absolute Gasteiger partial charge is 0.384 e. The smallest absolute Gasteiger partial charge is 0.136 e. The number of hydrogen-bond donors (Lipinski definition) is 4. The minimum atomic E-state index is -0.0421. The van der Waals surface area contributed by atoms with Gasteiger partial charge in [-0.2, -0.15) is 0 Å². The first-order valence-electron chi connectivity index (χ1n) is 8.11. The lowest BCUT2D eigenvalue weighted by atomic mass is 10.1. The molecule has 0 fully saturated rings. The van der Waals surface area contributed by atoms with Gasteiger partial charge in [-0.15, -0.1) is 0 Å². The highest BCUT2D eigenvalue weighted by molar-refractivity contribution is 5.99. The number of nitrogens with zero attached hydrogens (tertiary/aromatic N) is 1. The maximum Gasteiger partial charge on any atom is 0.136 e. The fraction of sp³-hybridized carbons (Fsp3) is 0.333. The second kappa shape index (κ2) is 6.28. The molecule has 0 unspecified atom stereocenters. The summed E-state index contributed by atoms with van der Waals surface area (Å²) >= 11 is 0. The van der Waals surface area contributed by atoms with Gasteiger partial charge in [0.1, 0.15) is 17.5 Å². The van der Waals surface area contributed by atoms with Gasteiger partial charge in [0, 0.05) is 5.69 Å². The summed E-state index contributed by atoms with van der Waals surface area (Å²) in [7, 11) is 0. The van der Waals surface area contributed by atoms with E-state index in [1.807, 2.05) is 6.07 Å². The molecule has 0 spiro atoms. The van der Waals surface area contributed by atoms with Gasteiger partial charge in [-0.1, -0.05) is 25.5 Å². The van der Waals surface area contributed by atoms with E-state index in [1.165, 1.54) is 17.5 Å². The third-order valence-corrected chi connectivity index (χ3v) is 4.34. The summed E-state index contributed by atoms with van der Waals surface area (Å²) in [6, 6.07) is 8.26. The van der Waals surface area contributed by atoms with Gasteiger partial charge in [0.2, 0.25) is 0 Å². The van der Waals surface area contributed by atoms with Crippen LogP contribution in [0.2, 0.25) is 0 Å². The number of rotatable bonds is 5. The van der Waals surface area contributed by atoms with E-state index in [0.717, 1.165) is 42.8 Å². The van der Waals surface area contributed by atoms with Crippen LogP contribution in [-0.4, -0.2) is 10.8 Å². The van der Waals surface area contributed by atoms with Crippen molar-refractivity contribution in [3.8, 4) is 0 Å². The van der Waals surface area contributed by atoms with Crippen LogP contribution in [0, 0.1) is 5.41 Å². The zero-order valence-corrected chi connectivity index (χ0v) is 13.4. The van der Waals surface area contributed by atoms with Gasteiger partial charge < -0.3 is 16.8 Å². The van der Waals surface area contributed by atoms with Gasteiger partial charge in [0.25, 0.3) is 0 Å². The van der Waals surface area contributed by atoms with E-state index in [-0.39, 0.29) is 5.84 Å². The number of nitrogen functional groups attached to an aromatic ring is 2. The van der Waals surface area contributed by atoms with Gasteiger partial charge >= 0.3 is 0 Å². The quantitative estimate of drug-likeness (QED) is 0.503. The zero-order chi connectivity index (χ0) is 16.4. The summed E-state index contributed by atoms with van der Waals surface area (Å²) in [5.41, 5.74) is 17.0. The molecule has 3 rings (SSSR count). The van der Waals surface area contributed by atoms with Gasteiger partial charge in [-0.25, -0.2) is 4.98 Å². The minimum Gasteiger partial charge on any atom is -0.384 e. The van der Waals surface area contributed by atoms with E-state index in [9.17, 15) is 0 Å². The van der Waals surface area contributed by atoms with E-state index in [2.05, 4.69) is 35.4 Å². The van der Waals surface area contributed by atoms with Crippen LogP contribution in [0.3, 0.4) is 0 Å². The summed E-state index contributed by atoms with van der Waals surface area (Å²) in [6.07, 6.45) is 5.30. The number of amidine groups is 1. The van der Waals surface area contributed by atoms with Crippen molar-refractivity contribution >= 4 is 23.2 Å². The molecule has 0 saturated heterocycles. The van der Waals surface area contributed by atoms with Crippen LogP contribution in [0.5, 0.6) is 0 Å². The number of pyridine rings is 1. The molecule has 1 aliphatic carbocycles. The molecule has 0 atom stereocenters. The van der Waals surface area contributed by atoms with E-state index < -0.39 is 0 Å². The predicted molar refractivity (Wildman–Crippen MR) is 95.4 cm³/mol. The number of benzene rings is 1. The molecule has 5 nitrogen and oxygen atoms in total. The summed E-state index contributed by atoms with van der Waals surface area (Å²) in [4.78, 5) is 4.48. The molecular formula is C18H23N5. The average molecular weight is 309 g/mol. The van der Waals surface area contributed by atoms with Crippen molar-refractivity contribution in [1.82, 2.24) is 4.98 Å².